The summed E-state index contributed by atoms with van der Waals surface area (Å²) in [6, 6.07) is 6.47. The minimum absolute atomic E-state index is 0.0629. The Bertz CT molecular complexity index is 409. The van der Waals surface area contributed by atoms with Crippen molar-refractivity contribution in [2.24, 2.45) is 5.73 Å². The monoisotopic (exact) mass is 248 g/mol. The third-order valence-electron chi connectivity index (χ3n) is 3.43. The van der Waals surface area contributed by atoms with E-state index in [2.05, 4.69) is 44.0 Å². The van der Waals surface area contributed by atoms with E-state index in [-0.39, 0.29) is 5.54 Å². The second-order valence-corrected chi connectivity index (χ2v) is 5.90. The van der Waals surface area contributed by atoms with E-state index in [1.54, 1.807) is 0 Å². The molecule has 0 aromatic heterocycles. The predicted molar refractivity (Wildman–Crippen MR) is 76.4 cm³/mol. The highest BCUT2D eigenvalue weighted by molar-refractivity contribution is 5.53. The van der Waals surface area contributed by atoms with Gasteiger partial charge in [0.05, 0.1) is 6.61 Å². The number of fused-ring (bicyclic) bond motifs is 1. The lowest BCUT2D eigenvalue weighted by atomic mass is 10.00. The van der Waals surface area contributed by atoms with Gasteiger partial charge in [-0.25, -0.2) is 0 Å². The van der Waals surface area contributed by atoms with Crippen LogP contribution < -0.4 is 15.4 Å². The Morgan fingerprint density at radius 3 is 2.89 bits per heavy atom. The molecular weight excluding hydrogens is 224 g/mol. The highest BCUT2D eigenvalue weighted by atomic mass is 16.5. The fourth-order valence-electron chi connectivity index (χ4n) is 2.31. The van der Waals surface area contributed by atoms with Crippen LogP contribution in [0.1, 0.15) is 32.3 Å². The zero-order chi connectivity index (χ0) is 13.2. The number of nitrogens with two attached hydrogens (primary N) is 1. The maximum atomic E-state index is 6.00. The molecule has 100 valence electrons. The molecule has 1 heterocycles. The van der Waals surface area contributed by atoms with Crippen LogP contribution in [0.2, 0.25) is 0 Å². The molecule has 0 saturated carbocycles. The van der Waals surface area contributed by atoms with Crippen LogP contribution in [0.4, 0.5) is 5.69 Å². The van der Waals surface area contributed by atoms with Gasteiger partial charge in [0.15, 0.2) is 0 Å². The van der Waals surface area contributed by atoms with Crippen molar-refractivity contribution in [1.82, 2.24) is 0 Å². The van der Waals surface area contributed by atoms with Gasteiger partial charge in [0.25, 0.3) is 0 Å². The van der Waals surface area contributed by atoms with Crippen molar-refractivity contribution in [3.05, 3.63) is 23.8 Å². The molecule has 0 saturated heterocycles. The van der Waals surface area contributed by atoms with Crippen molar-refractivity contribution in [2.75, 3.05) is 25.1 Å². The molecule has 0 unspecified atom stereocenters. The molecule has 1 aliphatic rings. The van der Waals surface area contributed by atoms with Crippen LogP contribution in [0.15, 0.2) is 18.2 Å². The maximum absolute atomic E-state index is 6.00. The van der Waals surface area contributed by atoms with E-state index in [9.17, 15) is 0 Å². The van der Waals surface area contributed by atoms with Gasteiger partial charge in [0, 0.05) is 31.2 Å². The first-order chi connectivity index (χ1) is 8.46. The molecule has 0 radical (unpaired) electrons. The SMILES string of the molecule is CN(CCCC(C)(C)N)c1ccc2c(c1)CCO2. The number of ether oxygens (including phenoxy) is 1. The third kappa shape index (κ3) is 3.39. The second kappa shape index (κ2) is 5.19. The van der Waals surface area contributed by atoms with Crippen molar-refractivity contribution in [2.45, 2.75) is 38.6 Å². The molecule has 0 fully saturated rings. The van der Waals surface area contributed by atoms with Gasteiger partial charge in [-0.05, 0) is 50.5 Å². The molecule has 1 aliphatic heterocycles. The Morgan fingerprint density at radius 1 is 1.39 bits per heavy atom. The van der Waals surface area contributed by atoms with Gasteiger partial charge in [-0.2, -0.15) is 0 Å². The van der Waals surface area contributed by atoms with Gasteiger partial charge >= 0.3 is 0 Å². The van der Waals surface area contributed by atoms with Crippen molar-refractivity contribution in [3.8, 4) is 5.75 Å². The molecule has 1 aromatic rings. The average Bonchev–Trinajstić information content (AvgIpc) is 2.73. The van der Waals surface area contributed by atoms with E-state index < -0.39 is 0 Å². The van der Waals surface area contributed by atoms with Crippen LogP contribution in [0.25, 0.3) is 0 Å². The number of benzene rings is 1. The van der Waals surface area contributed by atoms with E-state index in [0.717, 1.165) is 38.2 Å². The zero-order valence-corrected chi connectivity index (χ0v) is 11.7. The summed E-state index contributed by atoms with van der Waals surface area (Å²) >= 11 is 0. The first-order valence-corrected chi connectivity index (χ1v) is 6.71. The van der Waals surface area contributed by atoms with Gasteiger partial charge < -0.3 is 15.4 Å². The molecular formula is C15H24N2O. The van der Waals surface area contributed by atoms with Gasteiger partial charge in [0.1, 0.15) is 5.75 Å². The van der Waals surface area contributed by atoms with Gasteiger partial charge in [-0.15, -0.1) is 0 Å². The molecule has 1 aromatic carbocycles. The molecule has 0 aliphatic carbocycles. The van der Waals surface area contributed by atoms with Crippen LogP contribution >= 0.6 is 0 Å². The second-order valence-electron chi connectivity index (χ2n) is 5.90. The Morgan fingerprint density at radius 2 is 2.17 bits per heavy atom. The summed E-state index contributed by atoms with van der Waals surface area (Å²) in [7, 11) is 2.14. The Kier molecular flexibility index (Phi) is 3.81. The fourth-order valence-corrected chi connectivity index (χ4v) is 2.31. The largest absolute Gasteiger partial charge is 0.493 e. The lowest BCUT2D eigenvalue weighted by molar-refractivity contribution is 0.357. The van der Waals surface area contributed by atoms with E-state index in [0.29, 0.717) is 0 Å². The standard InChI is InChI=1S/C15H24N2O/c1-15(2,16)8-4-9-17(3)13-5-6-14-12(11-13)7-10-18-14/h5-6,11H,4,7-10,16H2,1-3H3. The van der Waals surface area contributed by atoms with Gasteiger partial charge in [0.2, 0.25) is 0 Å². The molecule has 3 nitrogen and oxygen atoms in total. The first kappa shape index (κ1) is 13.2. The Hall–Kier alpha value is -1.22. The lowest BCUT2D eigenvalue weighted by Crippen LogP contribution is -2.33. The minimum atomic E-state index is -0.0629. The molecule has 0 bridgehead atoms. The molecule has 18 heavy (non-hydrogen) atoms. The van der Waals surface area contributed by atoms with Crippen LogP contribution in [0, 0.1) is 0 Å². The predicted octanol–water partition coefficient (Wildman–Crippen LogP) is 2.58. The maximum Gasteiger partial charge on any atom is 0.122 e. The fraction of sp³-hybridized carbons (Fsp3) is 0.600. The molecule has 0 atom stereocenters. The van der Waals surface area contributed by atoms with Crippen molar-refractivity contribution < 1.29 is 4.74 Å². The smallest absolute Gasteiger partial charge is 0.122 e. The summed E-state index contributed by atoms with van der Waals surface area (Å²) in [5.74, 6) is 1.05. The molecule has 3 heteroatoms. The van der Waals surface area contributed by atoms with Crippen LogP contribution in [-0.2, 0) is 6.42 Å². The Balaban J connectivity index is 1.91. The van der Waals surface area contributed by atoms with Crippen LogP contribution in [-0.4, -0.2) is 25.7 Å². The van der Waals surface area contributed by atoms with Crippen LogP contribution in [0.5, 0.6) is 5.75 Å². The average molecular weight is 248 g/mol. The summed E-state index contributed by atoms with van der Waals surface area (Å²) in [6.45, 7) is 6.03. The topological polar surface area (TPSA) is 38.5 Å². The quantitative estimate of drug-likeness (QED) is 0.870. The zero-order valence-electron chi connectivity index (χ0n) is 11.7. The van der Waals surface area contributed by atoms with E-state index in [1.165, 1.54) is 11.3 Å². The summed E-state index contributed by atoms with van der Waals surface area (Å²) in [6.07, 6.45) is 3.20. The highest BCUT2D eigenvalue weighted by Gasteiger charge is 2.14. The number of anilines is 1. The summed E-state index contributed by atoms with van der Waals surface area (Å²) in [5, 5.41) is 0. The number of nitrogens with zero attached hydrogens (tertiary/aromatic N) is 1. The molecule has 0 spiro atoms. The van der Waals surface area contributed by atoms with E-state index >= 15 is 0 Å². The number of rotatable bonds is 5. The van der Waals surface area contributed by atoms with E-state index in [4.69, 9.17) is 10.5 Å². The first-order valence-electron chi connectivity index (χ1n) is 6.71. The molecule has 0 amide bonds. The van der Waals surface area contributed by atoms with Crippen molar-refractivity contribution in [1.29, 1.82) is 0 Å². The molecule has 2 N–H and O–H groups in total. The summed E-state index contributed by atoms with van der Waals surface area (Å²) in [4.78, 5) is 2.30. The third-order valence-corrected chi connectivity index (χ3v) is 3.43. The van der Waals surface area contributed by atoms with Crippen molar-refractivity contribution in [3.63, 3.8) is 0 Å². The van der Waals surface area contributed by atoms with Crippen molar-refractivity contribution >= 4 is 5.69 Å². The number of hydrogen-bond donors (Lipinski definition) is 1. The number of hydrogen-bond acceptors (Lipinski definition) is 3. The van der Waals surface area contributed by atoms with Gasteiger partial charge in [-0.1, -0.05) is 0 Å². The highest BCUT2D eigenvalue weighted by Crippen LogP contribution is 2.29. The summed E-state index contributed by atoms with van der Waals surface area (Å²) in [5.41, 5.74) is 8.54. The summed E-state index contributed by atoms with van der Waals surface area (Å²) < 4.78 is 5.52. The van der Waals surface area contributed by atoms with E-state index in [1.807, 2.05) is 0 Å². The van der Waals surface area contributed by atoms with Gasteiger partial charge in [-0.3, -0.25) is 0 Å². The Labute approximate surface area is 110 Å². The molecule has 2 rings (SSSR count). The van der Waals surface area contributed by atoms with Crippen LogP contribution in [0.3, 0.4) is 0 Å². The minimum Gasteiger partial charge on any atom is -0.493 e. The normalized spacial score (nSPS) is 14.2. The lowest BCUT2D eigenvalue weighted by Gasteiger charge is -2.23.